The van der Waals surface area contributed by atoms with E-state index in [1.807, 2.05) is 25.4 Å². The first-order valence-corrected chi connectivity index (χ1v) is 6.57. The molecule has 1 aromatic heterocycles. The van der Waals surface area contributed by atoms with Crippen LogP contribution in [0.5, 0.6) is 0 Å². The Morgan fingerprint density at radius 3 is 2.78 bits per heavy atom. The number of hydrogen-bond acceptors (Lipinski definition) is 2. The fraction of sp³-hybridized carbons (Fsp3) is 0.357. The molecule has 0 aliphatic heterocycles. The molecule has 4 heteroatoms. The van der Waals surface area contributed by atoms with Gasteiger partial charge in [-0.25, -0.2) is 0 Å². The van der Waals surface area contributed by atoms with Gasteiger partial charge in [-0.05, 0) is 30.7 Å². The molecule has 0 saturated heterocycles. The van der Waals surface area contributed by atoms with Gasteiger partial charge in [0.25, 0.3) is 0 Å². The van der Waals surface area contributed by atoms with Gasteiger partial charge in [0.15, 0.2) is 0 Å². The van der Waals surface area contributed by atoms with Crippen molar-refractivity contribution < 1.29 is 0 Å². The first-order valence-electron chi connectivity index (χ1n) is 6.20. The minimum atomic E-state index is 0.793. The highest BCUT2D eigenvalue weighted by Crippen LogP contribution is 2.24. The molecule has 0 saturated carbocycles. The monoisotopic (exact) mass is 263 g/mol. The Kier molecular flexibility index (Phi) is 4.39. The van der Waals surface area contributed by atoms with Gasteiger partial charge in [-0.3, -0.25) is 4.68 Å². The van der Waals surface area contributed by atoms with Crippen LogP contribution < -0.4 is 5.32 Å². The van der Waals surface area contributed by atoms with Gasteiger partial charge in [0, 0.05) is 30.4 Å². The van der Waals surface area contributed by atoms with E-state index >= 15 is 0 Å². The number of nitrogens with one attached hydrogen (secondary N) is 1. The molecule has 0 amide bonds. The minimum absolute atomic E-state index is 0.793. The van der Waals surface area contributed by atoms with Gasteiger partial charge in [-0.2, -0.15) is 5.10 Å². The summed E-state index contributed by atoms with van der Waals surface area (Å²) in [7, 11) is 1.91. The fourth-order valence-corrected chi connectivity index (χ4v) is 2.07. The fourth-order valence-electron chi connectivity index (χ4n) is 1.82. The van der Waals surface area contributed by atoms with Gasteiger partial charge in [-0.15, -0.1) is 0 Å². The molecule has 1 aromatic carbocycles. The van der Waals surface area contributed by atoms with Crippen LogP contribution in [0.15, 0.2) is 30.5 Å². The standard InChI is InChI=1S/C14H18ClN3/c1-3-7-16-10-12-5-4-11(9-13(12)15)14-6-8-18(2)17-14/h4-6,8-9,16H,3,7,10H2,1-2H3. The largest absolute Gasteiger partial charge is 0.313 e. The van der Waals surface area contributed by atoms with E-state index in [9.17, 15) is 0 Å². The number of aromatic nitrogens is 2. The molecule has 96 valence electrons. The van der Waals surface area contributed by atoms with Gasteiger partial charge in [0.05, 0.1) is 5.69 Å². The summed E-state index contributed by atoms with van der Waals surface area (Å²) in [5, 5.41) is 8.51. The van der Waals surface area contributed by atoms with E-state index in [1.54, 1.807) is 4.68 Å². The Morgan fingerprint density at radius 2 is 2.17 bits per heavy atom. The molecular weight excluding hydrogens is 246 g/mol. The van der Waals surface area contributed by atoms with Crippen molar-refractivity contribution in [2.75, 3.05) is 6.54 Å². The summed E-state index contributed by atoms with van der Waals surface area (Å²) in [5.74, 6) is 0. The lowest BCUT2D eigenvalue weighted by molar-refractivity contribution is 0.675. The Balaban J connectivity index is 2.14. The molecule has 1 heterocycles. The molecule has 0 fully saturated rings. The molecule has 1 N–H and O–H groups in total. The number of nitrogens with zero attached hydrogens (tertiary/aromatic N) is 2. The lowest BCUT2D eigenvalue weighted by Crippen LogP contribution is -2.13. The van der Waals surface area contributed by atoms with Crippen LogP contribution in [0.4, 0.5) is 0 Å². The smallest absolute Gasteiger partial charge is 0.0923 e. The maximum atomic E-state index is 6.29. The Hall–Kier alpha value is -1.32. The van der Waals surface area contributed by atoms with Crippen molar-refractivity contribution in [3.8, 4) is 11.3 Å². The zero-order chi connectivity index (χ0) is 13.0. The van der Waals surface area contributed by atoms with E-state index in [1.165, 1.54) is 0 Å². The average molecular weight is 264 g/mol. The number of rotatable bonds is 5. The number of benzene rings is 1. The second-order valence-electron chi connectivity index (χ2n) is 4.36. The normalized spacial score (nSPS) is 10.8. The maximum absolute atomic E-state index is 6.29. The van der Waals surface area contributed by atoms with Crippen LogP contribution in [-0.2, 0) is 13.6 Å². The third-order valence-corrected chi connectivity index (χ3v) is 3.16. The van der Waals surface area contributed by atoms with E-state index in [0.717, 1.165) is 41.4 Å². The van der Waals surface area contributed by atoms with E-state index in [4.69, 9.17) is 11.6 Å². The first-order chi connectivity index (χ1) is 8.70. The van der Waals surface area contributed by atoms with Gasteiger partial charge < -0.3 is 5.32 Å². The SMILES string of the molecule is CCCNCc1ccc(-c2ccn(C)n2)cc1Cl. The highest BCUT2D eigenvalue weighted by atomic mass is 35.5. The van der Waals surface area contributed by atoms with Crippen LogP contribution in [-0.4, -0.2) is 16.3 Å². The van der Waals surface area contributed by atoms with E-state index in [2.05, 4.69) is 29.5 Å². The summed E-state index contributed by atoms with van der Waals surface area (Å²) in [6, 6.07) is 8.10. The zero-order valence-electron chi connectivity index (χ0n) is 10.8. The van der Waals surface area contributed by atoms with Gasteiger partial charge in [-0.1, -0.05) is 30.7 Å². The second kappa shape index (κ2) is 6.03. The lowest BCUT2D eigenvalue weighted by atomic mass is 10.1. The summed E-state index contributed by atoms with van der Waals surface area (Å²) >= 11 is 6.29. The van der Waals surface area contributed by atoms with Gasteiger partial charge in [0.2, 0.25) is 0 Å². The number of hydrogen-bond donors (Lipinski definition) is 1. The maximum Gasteiger partial charge on any atom is 0.0923 e. The predicted octanol–water partition coefficient (Wildman–Crippen LogP) is 3.24. The number of aryl methyl sites for hydroxylation is 1. The van der Waals surface area contributed by atoms with E-state index in [-0.39, 0.29) is 0 Å². The van der Waals surface area contributed by atoms with E-state index in [0.29, 0.717) is 0 Å². The van der Waals surface area contributed by atoms with Crippen LogP contribution >= 0.6 is 11.6 Å². The van der Waals surface area contributed by atoms with E-state index < -0.39 is 0 Å². The van der Waals surface area contributed by atoms with Crippen molar-refractivity contribution in [1.29, 1.82) is 0 Å². The van der Waals surface area contributed by atoms with Gasteiger partial charge in [0.1, 0.15) is 0 Å². The minimum Gasteiger partial charge on any atom is -0.313 e. The summed E-state index contributed by atoms with van der Waals surface area (Å²) in [4.78, 5) is 0. The Bertz CT molecular complexity index is 520. The molecule has 3 nitrogen and oxygen atoms in total. The van der Waals surface area contributed by atoms with Crippen LogP contribution in [0.1, 0.15) is 18.9 Å². The van der Waals surface area contributed by atoms with Crippen molar-refractivity contribution >= 4 is 11.6 Å². The quantitative estimate of drug-likeness (QED) is 0.840. The van der Waals surface area contributed by atoms with Crippen molar-refractivity contribution in [2.45, 2.75) is 19.9 Å². The molecule has 0 spiro atoms. The number of halogens is 1. The molecule has 0 radical (unpaired) electrons. The Labute approximate surface area is 113 Å². The highest BCUT2D eigenvalue weighted by Gasteiger charge is 2.05. The highest BCUT2D eigenvalue weighted by molar-refractivity contribution is 6.31. The summed E-state index contributed by atoms with van der Waals surface area (Å²) in [5.41, 5.74) is 3.14. The molecule has 0 atom stereocenters. The molecule has 0 aliphatic rings. The summed E-state index contributed by atoms with van der Waals surface area (Å²) < 4.78 is 1.79. The molecule has 18 heavy (non-hydrogen) atoms. The third kappa shape index (κ3) is 3.12. The molecular formula is C14H18ClN3. The van der Waals surface area contributed by atoms with Crippen LogP contribution in [0.3, 0.4) is 0 Å². The third-order valence-electron chi connectivity index (χ3n) is 2.80. The predicted molar refractivity (Wildman–Crippen MR) is 75.7 cm³/mol. The molecule has 0 unspecified atom stereocenters. The molecule has 2 aromatic rings. The second-order valence-corrected chi connectivity index (χ2v) is 4.76. The van der Waals surface area contributed by atoms with Crippen molar-refractivity contribution in [2.24, 2.45) is 7.05 Å². The average Bonchev–Trinajstić information content (AvgIpc) is 2.78. The Morgan fingerprint density at radius 1 is 1.33 bits per heavy atom. The zero-order valence-corrected chi connectivity index (χ0v) is 11.5. The topological polar surface area (TPSA) is 29.9 Å². The first kappa shape index (κ1) is 13.1. The molecule has 0 bridgehead atoms. The van der Waals surface area contributed by atoms with Crippen LogP contribution in [0.25, 0.3) is 11.3 Å². The van der Waals surface area contributed by atoms with Crippen molar-refractivity contribution in [3.63, 3.8) is 0 Å². The van der Waals surface area contributed by atoms with Crippen molar-refractivity contribution in [3.05, 3.63) is 41.0 Å². The van der Waals surface area contributed by atoms with Crippen LogP contribution in [0.2, 0.25) is 5.02 Å². The summed E-state index contributed by atoms with van der Waals surface area (Å²) in [6.45, 7) is 3.98. The van der Waals surface area contributed by atoms with Gasteiger partial charge >= 0.3 is 0 Å². The van der Waals surface area contributed by atoms with Crippen LogP contribution in [0, 0.1) is 0 Å². The molecule has 0 aliphatic carbocycles. The van der Waals surface area contributed by atoms with Crippen molar-refractivity contribution in [1.82, 2.24) is 15.1 Å². The molecule has 2 rings (SSSR count). The lowest BCUT2D eigenvalue weighted by Gasteiger charge is -2.07. The summed E-state index contributed by atoms with van der Waals surface area (Å²) in [6.07, 6.45) is 3.06.